The highest BCUT2D eigenvalue weighted by molar-refractivity contribution is 6.00. The number of ether oxygens (including phenoxy) is 1. The molecule has 0 radical (unpaired) electrons. The summed E-state index contributed by atoms with van der Waals surface area (Å²) in [5, 5.41) is 7.46. The van der Waals surface area contributed by atoms with Crippen LogP contribution < -0.4 is 15.8 Å². The molecule has 2 aromatic carbocycles. The molecule has 0 unspecified atom stereocenters. The van der Waals surface area contributed by atoms with Gasteiger partial charge in [0.15, 0.2) is 0 Å². The van der Waals surface area contributed by atoms with E-state index >= 15 is 0 Å². The number of nitrogens with zero attached hydrogens (tertiary/aromatic N) is 3. The van der Waals surface area contributed by atoms with Gasteiger partial charge in [0, 0.05) is 30.9 Å². The molecule has 0 spiro atoms. The van der Waals surface area contributed by atoms with Gasteiger partial charge in [0.25, 0.3) is 5.91 Å². The summed E-state index contributed by atoms with van der Waals surface area (Å²) < 4.78 is 7.08. The molecule has 31 heavy (non-hydrogen) atoms. The first kappa shape index (κ1) is 20.5. The number of para-hydroxylation sites is 1. The number of aromatic nitrogens is 2. The highest BCUT2D eigenvalue weighted by atomic mass is 16.5. The lowest BCUT2D eigenvalue weighted by atomic mass is 10.0. The molecule has 0 aliphatic carbocycles. The standard InChI is InChI=1S/C23H25N5O3/c1-31-19-9-5-6-16(14-19)21-20(15-28(26-21)18-7-3-2-4-8-18)22(29)27-12-10-17(11-13-27)25-23(24)30/h2-9,14-15,17H,10-13H2,1H3,(H3,24,25,30). The minimum absolute atomic E-state index is 0.00792. The number of carbonyl (C=O) groups is 2. The van der Waals surface area contributed by atoms with Crippen LogP contribution in [0.5, 0.6) is 5.75 Å². The molecule has 4 rings (SSSR count). The topological polar surface area (TPSA) is 102 Å². The number of carbonyl (C=O) groups excluding carboxylic acids is 2. The summed E-state index contributed by atoms with van der Waals surface area (Å²) >= 11 is 0. The van der Waals surface area contributed by atoms with Crippen LogP contribution in [-0.4, -0.2) is 52.9 Å². The number of urea groups is 1. The van der Waals surface area contributed by atoms with E-state index in [1.54, 1.807) is 22.9 Å². The maximum atomic E-state index is 13.5. The Balaban J connectivity index is 1.66. The van der Waals surface area contributed by atoms with E-state index in [4.69, 9.17) is 15.6 Å². The second kappa shape index (κ2) is 8.91. The summed E-state index contributed by atoms with van der Waals surface area (Å²) in [6.07, 6.45) is 3.10. The number of nitrogens with one attached hydrogen (secondary N) is 1. The molecule has 8 heteroatoms. The van der Waals surface area contributed by atoms with Crippen molar-refractivity contribution < 1.29 is 14.3 Å². The van der Waals surface area contributed by atoms with Crippen molar-refractivity contribution in [1.29, 1.82) is 0 Å². The van der Waals surface area contributed by atoms with Crippen molar-refractivity contribution in [2.75, 3.05) is 20.2 Å². The molecular formula is C23H25N5O3. The molecule has 1 aromatic heterocycles. The Labute approximate surface area is 180 Å². The Hall–Kier alpha value is -3.81. The first-order valence-corrected chi connectivity index (χ1v) is 10.2. The van der Waals surface area contributed by atoms with Crippen molar-refractivity contribution in [1.82, 2.24) is 20.0 Å². The van der Waals surface area contributed by atoms with Crippen molar-refractivity contribution in [2.24, 2.45) is 5.73 Å². The Morgan fingerprint density at radius 3 is 2.52 bits per heavy atom. The van der Waals surface area contributed by atoms with Crippen LogP contribution in [0.25, 0.3) is 16.9 Å². The molecule has 8 nitrogen and oxygen atoms in total. The molecule has 1 aliphatic rings. The molecule has 3 aromatic rings. The van der Waals surface area contributed by atoms with Gasteiger partial charge in [0.1, 0.15) is 11.4 Å². The molecule has 0 atom stereocenters. The maximum Gasteiger partial charge on any atom is 0.312 e. The van der Waals surface area contributed by atoms with Gasteiger partial charge in [0.05, 0.1) is 18.4 Å². The van der Waals surface area contributed by atoms with Crippen LogP contribution in [0.15, 0.2) is 60.8 Å². The molecule has 160 valence electrons. The third-order valence-corrected chi connectivity index (χ3v) is 5.44. The predicted molar refractivity (Wildman–Crippen MR) is 117 cm³/mol. The van der Waals surface area contributed by atoms with Crippen molar-refractivity contribution >= 4 is 11.9 Å². The third kappa shape index (κ3) is 4.53. The third-order valence-electron chi connectivity index (χ3n) is 5.44. The molecule has 1 saturated heterocycles. The van der Waals surface area contributed by atoms with Gasteiger partial charge in [-0.1, -0.05) is 30.3 Å². The lowest BCUT2D eigenvalue weighted by Gasteiger charge is -2.32. The zero-order chi connectivity index (χ0) is 21.8. The summed E-state index contributed by atoms with van der Waals surface area (Å²) in [4.78, 5) is 26.4. The van der Waals surface area contributed by atoms with Gasteiger partial charge in [-0.05, 0) is 37.1 Å². The van der Waals surface area contributed by atoms with Crippen molar-refractivity contribution in [3.63, 3.8) is 0 Å². The van der Waals surface area contributed by atoms with Gasteiger partial charge < -0.3 is 20.7 Å². The molecule has 2 heterocycles. The number of nitrogens with two attached hydrogens (primary N) is 1. The minimum atomic E-state index is -0.533. The summed E-state index contributed by atoms with van der Waals surface area (Å²) in [5.74, 6) is 0.612. The van der Waals surface area contributed by atoms with E-state index in [0.29, 0.717) is 42.9 Å². The van der Waals surface area contributed by atoms with Crippen LogP contribution in [0, 0.1) is 0 Å². The maximum absolute atomic E-state index is 13.5. The Bertz CT molecular complexity index is 1070. The average Bonchev–Trinajstić information content (AvgIpc) is 3.25. The Kier molecular flexibility index (Phi) is 5.88. The van der Waals surface area contributed by atoms with E-state index in [1.165, 1.54) is 0 Å². The zero-order valence-electron chi connectivity index (χ0n) is 17.3. The monoisotopic (exact) mass is 419 g/mol. The largest absolute Gasteiger partial charge is 0.497 e. The molecule has 3 N–H and O–H groups in total. The summed E-state index contributed by atoms with van der Waals surface area (Å²) in [7, 11) is 1.61. The smallest absolute Gasteiger partial charge is 0.312 e. The molecule has 3 amide bonds. The number of hydrogen-bond donors (Lipinski definition) is 2. The molecule has 0 bridgehead atoms. The first-order chi connectivity index (χ1) is 15.0. The van der Waals surface area contributed by atoms with Crippen LogP contribution in [0.1, 0.15) is 23.2 Å². The van der Waals surface area contributed by atoms with Crippen LogP contribution in [0.3, 0.4) is 0 Å². The van der Waals surface area contributed by atoms with Crippen LogP contribution in [0.4, 0.5) is 4.79 Å². The normalized spacial score (nSPS) is 14.3. The number of amides is 3. The molecule has 1 fully saturated rings. The van der Waals surface area contributed by atoms with Crippen LogP contribution >= 0.6 is 0 Å². The second-order valence-corrected chi connectivity index (χ2v) is 7.48. The van der Waals surface area contributed by atoms with Gasteiger partial charge in [-0.25, -0.2) is 9.48 Å². The number of hydrogen-bond acceptors (Lipinski definition) is 4. The van der Waals surface area contributed by atoms with E-state index in [-0.39, 0.29) is 11.9 Å². The predicted octanol–water partition coefficient (Wildman–Crippen LogP) is 2.82. The quantitative estimate of drug-likeness (QED) is 0.664. The number of methoxy groups -OCH3 is 1. The number of rotatable bonds is 5. The Morgan fingerprint density at radius 2 is 1.84 bits per heavy atom. The van der Waals surface area contributed by atoms with Gasteiger partial charge in [-0.2, -0.15) is 5.10 Å². The highest BCUT2D eigenvalue weighted by Gasteiger charge is 2.28. The van der Waals surface area contributed by atoms with Crippen molar-refractivity contribution in [3.05, 3.63) is 66.4 Å². The lowest BCUT2D eigenvalue weighted by molar-refractivity contribution is 0.0709. The fourth-order valence-electron chi connectivity index (χ4n) is 3.83. The van der Waals surface area contributed by atoms with E-state index in [9.17, 15) is 9.59 Å². The first-order valence-electron chi connectivity index (χ1n) is 10.2. The van der Waals surface area contributed by atoms with Gasteiger partial charge in [0.2, 0.25) is 0 Å². The highest BCUT2D eigenvalue weighted by Crippen LogP contribution is 2.28. The average molecular weight is 419 g/mol. The van der Waals surface area contributed by atoms with Gasteiger partial charge in [-0.15, -0.1) is 0 Å². The molecule has 0 saturated carbocycles. The number of benzene rings is 2. The summed E-state index contributed by atoms with van der Waals surface area (Å²) in [6.45, 7) is 1.08. The van der Waals surface area contributed by atoms with E-state index < -0.39 is 6.03 Å². The van der Waals surface area contributed by atoms with Crippen molar-refractivity contribution in [2.45, 2.75) is 18.9 Å². The summed E-state index contributed by atoms with van der Waals surface area (Å²) in [6, 6.07) is 16.7. The molecular weight excluding hydrogens is 394 g/mol. The second-order valence-electron chi connectivity index (χ2n) is 7.48. The van der Waals surface area contributed by atoms with E-state index in [1.807, 2.05) is 54.6 Å². The minimum Gasteiger partial charge on any atom is -0.497 e. The van der Waals surface area contributed by atoms with Crippen LogP contribution in [0.2, 0.25) is 0 Å². The van der Waals surface area contributed by atoms with Gasteiger partial charge in [-0.3, -0.25) is 4.79 Å². The lowest BCUT2D eigenvalue weighted by Crippen LogP contribution is -2.47. The molecule has 1 aliphatic heterocycles. The zero-order valence-corrected chi connectivity index (χ0v) is 17.3. The number of primary amides is 1. The van der Waals surface area contributed by atoms with Crippen LogP contribution in [-0.2, 0) is 0 Å². The van der Waals surface area contributed by atoms with E-state index in [0.717, 1.165) is 11.3 Å². The number of piperidine rings is 1. The Morgan fingerprint density at radius 1 is 1.10 bits per heavy atom. The number of likely N-dealkylation sites (tertiary alicyclic amines) is 1. The van der Waals surface area contributed by atoms with Gasteiger partial charge >= 0.3 is 6.03 Å². The van der Waals surface area contributed by atoms with Crippen molar-refractivity contribution in [3.8, 4) is 22.7 Å². The SMILES string of the molecule is COc1cccc(-c2nn(-c3ccccc3)cc2C(=O)N2CCC(NC(N)=O)CC2)c1. The fraction of sp³-hybridized carbons (Fsp3) is 0.261. The van der Waals surface area contributed by atoms with E-state index in [2.05, 4.69) is 5.32 Å². The fourth-order valence-corrected chi connectivity index (χ4v) is 3.83. The summed E-state index contributed by atoms with van der Waals surface area (Å²) in [5.41, 5.74) is 8.03.